The van der Waals surface area contributed by atoms with Crippen molar-refractivity contribution in [1.82, 2.24) is 0 Å². The number of Topliss-reactive ketones (excluding diaryl/α,β-unsaturated/α-hetero) is 1. The lowest BCUT2D eigenvalue weighted by Crippen LogP contribution is -2.13. The summed E-state index contributed by atoms with van der Waals surface area (Å²) in [7, 11) is 3.19. The van der Waals surface area contributed by atoms with Crippen molar-refractivity contribution in [3.8, 4) is 11.5 Å². The van der Waals surface area contributed by atoms with Crippen LogP contribution >= 0.6 is 0 Å². The van der Waals surface area contributed by atoms with Crippen LogP contribution in [0.3, 0.4) is 0 Å². The fraction of sp³-hybridized carbons (Fsp3) is 0.148. The second kappa shape index (κ2) is 8.39. The number of aliphatic hydroxyl groups excluding tert-OH is 1. The summed E-state index contributed by atoms with van der Waals surface area (Å²) in [4.78, 5) is 13.1. The minimum absolute atomic E-state index is 0.0582. The van der Waals surface area contributed by atoms with Crippen LogP contribution in [0.25, 0.3) is 5.76 Å². The molecule has 1 heterocycles. The highest BCUT2D eigenvalue weighted by Gasteiger charge is 2.35. The van der Waals surface area contributed by atoms with Crippen LogP contribution in [0.2, 0.25) is 0 Å². The molecule has 0 unspecified atom stereocenters. The number of hydrogen-bond donors (Lipinski definition) is 1. The Bertz CT molecular complexity index is 1320. The van der Waals surface area contributed by atoms with Crippen molar-refractivity contribution in [2.45, 2.75) is 12.0 Å². The van der Waals surface area contributed by atoms with E-state index in [0.29, 0.717) is 28.3 Å². The third kappa shape index (κ3) is 3.49. The van der Waals surface area contributed by atoms with Crippen molar-refractivity contribution in [1.29, 1.82) is 0 Å². The molecule has 0 bridgehead atoms. The van der Waals surface area contributed by atoms with Crippen molar-refractivity contribution < 1.29 is 19.4 Å². The largest absolute Gasteiger partial charge is 0.506 e. The Morgan fingerprint density at radius 2 is 1.52 bits per heavy atom. The van der Waals surface area contributed by atoms with Gasteiger partial charge in [-0.25, -0.2) is 0 Å². The molecule has 6 heteroatoms. The summed E-state index contributed by atoms with van der Waals surface area (Å²) in [5.41, 5.74) is 3.48. The Labute approximate surface area is 191 Å². The zero-order valence-corrected chi connectivity index (χ0v) is 18.2. The predicted octanol–water partition coefficient (Wildman–Crippen LogP) is 6.04. The number of hydrogen-bond acceptors (Lipinski definition) is 6. The van der Waals surface area contributed by atoms with E-state index in [2.05, 4.69) is 10.2 Å². The number of methoxy groups -OCH3 is 2. The van der Waals surface area contributed by atoms with Gasteiger partial charge in [0.15, 0.2) is 17.3 Å². The molecular formula is C27H22N2O4. The van der Waals surface area contributed by atoms with Gasteiger partial charge in [-0.15, -0.1) is 0 Å². The zero-order chi connectivity index (χ0) is 22.9. The Morgan fingerprint density at radius 1 is 0.818 bits per heavy atom. The molecule has 0 fully saturated rings. The van der Waals surface area contributed by atoms with Crippen LogP contribution in [-0.2, 0) is 0 Å². The molecule has 1 aliphatic heterocycles. The summed E-state index contributed by atoms with van der Waals surface area (Å²) in [6, 6.07) is 22.3. The number of benzene rings is 3. The van der Waals surface area contributed by atoms with Gasteiger partial charge in [0.1, 0.15) is 11.8 Å². The van der Waals surface area contributed by atoms with E-state index in [1.54, 1.807) is 38.5 Å². The van der Waals surface area contributed by atoms with Gasteiger partial charge in [-0.05, 0) is 29.3 Å². The van der Waals surface area contributed by atoms with Gasteiger partial charge in [-0.2, -0.15) is 10.2 Å². The molecule has 2 aliphatic rings. The topological polar surface area (TPSA) is 80.5 Å². The van der Waals surface area contributed by atoms with E-state index in [-0.39, 0.29) is 29.1 Å². The molecule has 2 atom stereocenters. The second-order valence-electron chi connectivity index (χ2n) is 7.86. The number of ketones is 1. The fourth-order valence-corrected chi connectivity index (χ4v) is 4.39. The Balaban J connectivity index is 1.60. The van der Waals surface area contributed by atoms with E-state index >= 15 is 0 Å². The number of nitrogens with zero attached hydrogens (tertiary/aromatic N) is 2. The molecule has 0 spiro atoms. The van der Waals surface area contributed by atoms with Crippen molar-refractivity contribution in [2.24, 2.45) is 10.2 Å². The first-order valence-electron chi connectivity index (χ1n) is 10.6. The number of rotatable bonds is 5. The molecule has 0 aromatic heterocycles. The van der Waals surface area contributed by atoms with Crippen LogP contribution in [0.1, 0.15) is 39.0 Å². The molecule has 6 nitrogen and oxygen atoms in total. The normalized spacial score (nSPS) is 19.3. The van der Waals surface area contributed by atoms with E-state index in [1.807, 2.05) is 54.6 Å². The molecule has 0 saturated carbocycles. The van der Waals surface area contributed by atoms with E-state index in [1.165, 1.54) is 0 Å². The molecule has 0 saturated heterocycles. The van der Waals surface area contributed by atoms with E-state index in [9.17, 15) is 9.90 Å². The highest BCUT2D eigenvalue weighted by atomic mass is 16.5. The summed E-state index contributed by atoms with van der Waals surface area (Å²) in [6.07, 6.45) is 1.92. The lowest BCUT2D eigenvalue weighted by molar-refractivity contribution is 0.103. The lowest BCUT2D eigenvalue weighted by atomic mass is 9.85. The monoisotopic (exact) mass is 438 g/mol. The molecule has 33 heavy (non-hydrogen) atoms. The predicted molar refractivity (Wildman–Crippen MR) is 125 cm³/mol. The van der Waals surface area contributed by atoms with Crippen LogP contribution in [0.15, 0.2) is 100 Å². The molecule has 1 N–H and O–H groups in total. The summed E-state index contributed by atoms with van der Waals surface area (Å²) in [5.74, 6) is 0.731. The maximum atomic E-state index is 13.1. The van der Waals surface area contributed by atoms with Crippen LogP contribution in [0.4, 0.5) is 0 Å². The maximum absolute atomic E-state index is 13.1. The SMILES string of the molecule is COc1ccc([C@@H]2N=NC(C3=C(O)c4ccccc4C3=O)=C[C@@H]2c2ccccc2)cc1OC. The maximum Gasteiger partial charge on any atom is 0.199 e. The number of azo groups is 1. The smallest absolute Gasteiger partial charge is 0.199 e. The summed E-state index contributed by atoms with van der Waals surface area (Å²) < 4.78 is 10.8. The molecule has 3 aromatic carbocycles. The second-order valence-corrected chi connectivity index (χ2v) is 7.86. The molecular weight excluding hydrogens is 416 g/mol. The molecule has 0 amide bonds. The van der Waals surface area contributed by atoms with Crippen molar-refractivity contribution in [3.05, 3.63) is 112 Å². The van der Waals surface area contributed by atoms with Gasteiger partial charge in [0.2, 0.25) is 0 Å². The number of ether oxygens (including phenoxy) is 2. The first kappa shape index (κ1) is 20.7. The highest BCUT2D eigenvalue weighted by Crippen LogP contribution is 2.45. The number of carbonyl (C=O) groups excluding carboxylic acids is 1. The first-order chi connectivity index (χ1) is 16.1. The van der Waals surface area contributed by atoms with Crippen LogP contribution < -0.4 is 9.47 Å². The fourth-order valence-electron chi connectivity index (χ4n) is 4.39. The molecule has 1 aliphatic carbocycles. The van der Waals surface area contributed by atoms with Gasteiger partial charge in [0.25, 0.3) is 0 Å². The average molecular weight is 438 g/mol. The van der Waals surface area contributed by atoms with Crippen LogP contribution in [0, 0.1) is 0 Å². The van der Waals surface area contributed by atoms with Crippen molar-refractivity contribution in [2.75, 3.05) is 14.2 Å². The minimum Gasteiger partial charge on any atom is -0.506 e. The van der Waals surface area contributed by atoms with Gasteiger partial charge >= 0.3 is 0 Å². The molecule has 5 rings (SSSR count). The number of fused-ring (bicyclic) bond motifs is 1. The Morgan fingerprint density at radius 3 is 2.21 bits per heavy atom. The van der Waals surface area contributed by atoms with E-state index in [0.717, 1.165) is 11.1 Å². The van der Waals surface area contributed by atoms with E-state index < -0.39 is 0 Å². The quantitative estimate of drug-likeness (QED) is 0.526. The number of aliphatic hydroxyl groups is 1. The molecule has 164 valence electrons. The first-order valence-corrected chi connectivity index (χ1v) is 10.6. The van der Waals surface area contributed by atoms with Crippen LogP contribution in [-0.4, -0.2) is 25.1 Å². The number of allylic oxidation sites excluding steroid dienone is 1. The van der Waals surface area contributed by atoms with Crippen molar-refractivity contribution in [3.63, 3.8) is 0 Å². The lowest BCUT2D eigenvalue weighted by Gasteiger charge is -2.26. The van der Waals surface area contributed by atoms with Crippen LogP contribution in [0.5, 0.6) is 11.5 Å². The van der Waals surface area contributed by atoms with Gasteiger partial charge in [-0.3, -0.25) is 4.79 Å². The zero-order valence-electron chi connectivity index (χ0n) is 18.2. The Hall–Kier alpha value is -4.19. The number of carbonyl (C=O) groups is 1. The highest BCUT2D eigenvalue weighted by molar-refractivity contribution is 6.22. The minimum atomic E-state index is -0.336. The summed E-state index contributed by atoms with van der Waals surface area (Å²) in [5, 5.41) is 19.8. The molecule has 0 radical (unpaired) electrons. The third-order valence-electron chi connectivity index (χ3n) is 6.05. The van der Waals surface area contributed by atoms with Crippen molar-refractivity contribution >= 4 is 11.5 Å². The molecule has 3 aromatic rings. The summed E-state index contributed by atoms with van der Waals surface area (Å²) >= 11 is 0. The average Bonchev–Trinajstić information content (AvgIpc) is 3.13. The third-order valence-corrected chi connectivity index (χ3v) is 6.05. The van der Waals surface area contributed by atoms with E-state index in [4.69, 9.17) is 9.47 Å². The van der Waals surface area contributed by atoms with Gasteiger partial charge in [0.05, 0.1) is 25.5 Å². The summed E-state index contributed by atoms with van der Waals surface area (Å²) in [6.45, 7) is 0. The standard InChI is InChI=1S/C27H22N2O4/c1-32-22-13-12-17(14-23(22)33-2)25-20(16-8-4-3-5-9-16)15-21(28-29-25)24-26(30)18-10-6-7-11-19(18)27(24)31/h3-15,20,25,30H,1-2H3/t20-,25+/m1/s1. The van der Waals surface area contributed by atoms with Gasteiger partial charge in [-0.1, -0.05) is 60.7 Å². The van der Waals surface area contributed by atoms with Gasteiger partial charge < -0.3 is 14.6 Å². The Kier molecular flexibility index (Phi) is 5.26. The van der Waals surface area contributed by atoms with Gasteiger partial charge in [0, 0.05) is 17.0 Å².